The molecule has 29 heavy (non-hydrogen) atoms. The van der Waals surface area contributed by atoms with Crippen molar-refractivity contribution in [2.75, 3.05) is 6.61 Å². The zero-order valence-corrected chi connectivity index (χ0v) is 16.1. The zero-order chi connectivity index (χ0) is 20.5. The molecule has 1 unspecified atom stereocenters. The Morgan fingerprint density at radius 1 is 1.38 bits per heavy atom. The molecule has 0 amide bonds. The third-order valence-electron chi connectivity index (χ3n) is 4.41. The van der Waals surface area contributed by atoms with Gasteiger partial charge < -0.3 is 19.3 Å². The SMILES string of the molecule is CCOC(=O)C1=C(N)n2c(s/c(=C\c3ccco3)c2=O)=C(C#N)C1c1ccco1. The molecule has 3 aromatic rings. The minimum Gasteiger partial charge on any atom is -0.468 e. The van der Waals surface area contributed by atoms with Gasteiger partial charge in [-0.3, -0.25) is 9.36 Å². The fourth-order valence-electron chi connectivity index (χ4n) is 3.20. The molecule has 9 heteroatoms. The van der Waals surface area contributed by atoms with Crippen molar-refractivity contribution in [3.05, 3.63) is 73.4 Å². The van der Waals surface area contributed by atoms with Gasteiger partial charge in [-0.15, -0.1) is 11.3 Å². The number of carbonyl (C=O) groups is 1. The number of fused-ring (bicyclic) bond motifs is 1. The average Bonchev–Trinajstić information content (AvgIpc) is 3.45. The monoisotopic (exact) mass is 409 g/mol. The zero-order valence-electron chi connectivity index (χ0n) is 15.2. The summed E-state index contributed by atoms with van der Waals surface area (Å²) in [6, 6.07) is 8.81. The molecule has 1 aliphatic heterocycles. The number of hydrogen-bond donors (Lipinski definition) is 1. The largest absolute Gasteiger partial charge is 0.468 e. The summed E-state index contributed by atoms with van der Waals surface area (Å²) in [5.74, 6) is -0.825. The molecule has 0 fully saturated rings. The molecule has 4 heterocycles. The highest BCUT2D eigenvalue weighted by molar-refractivity contribution is 7.07. The first-order valence-corrected chi connectivity index (χ1v) is 9.50. The van der Waals surface area contributed by atoms with Gasteiger partial charge in [-0.2, -0.15) is 5.26 Å². The number of rotatable bonds is 4. The van der Waals surface area contributed by atoms with Gasteiger partial charge in [-0.1, -0.05) is 0 Å². The Morgan fingerprint density at radius 3 is 2.76 bits per heavy atom. The number of esters is 1. The van der Waals surface area contributed by atoms with Gasteiger partial charge in [0.25, 0.3) is 5.56 Å². The third-order valence-corrected chi connectivity index (χ3v) is 5.52. The number of nitriles is 1. The summed E-state index contributed by atoms with van der Waals surface area (Å²) >= 11 is 1.09. The van der Waals surface area contributed by atoms with Crippen LogP contribution in [0.1, 0.15) is 24.4 Å². The number of carbonyl (C=O) groups excluding carboxylic acids is 1. The normalized spacial score (nSPS) is 16.6. The van der Waals surface area contributed by atoms with E-state index in [1.165, 1.54) is 17.1 Å². The van der Waals surface area contributed by atoms with Crippen LogP contribution in [0.5, 0.6) is 0 Å². The molecule has 0 radical (unpaired) electrons. The van der Waals surface area contributed by atoms with E-state index in [4.69, 9.17) is 19.3 Å². The van der Waals surface area contributed by atoms with Crippen LogP contribution in [0.25, 0.3) is 17.5 Å². The molecule has 0 aliphatic carbocycles. The maximum atomic E-state index is 13.0. The maximum absolute atomic E-state index is 13.0. The Balaban J connectivity index is 2.08. The van der Waals surface area contributed by atoms with E-state index in [-0.39, 0.29) is 23.6 Å². The number of nitrogens with two attached hydrogens (primary N) is 1. The maximum Gasteiger partial charge on any atom is 0.338 e. The number of furan rings is 2. The lowest BCUT2D eigenvalue weighted by molar-refractivity contribution is -0.138. The van der Waals surface area contributed by atoms with Crippen molar-refractivity contribution in [1.29, 1.82) is 5.26 Å². The lowest BCUT2D eigenvalue weighted by atomic mass is 9.88. The van der Waals surface area contributed by atoms with Gasteiger partial charge in [-0.25, -0.2) is 4.79 Å². The first kappa shape index (κ1) is 18.6. The lowest BCUT2D eigenvalue weighted by Gasteiger charge is -2.23. The smallest absolute Gasteiger partial charge is 0.338 e. The van der Waals surface area contributed by atoms with Gasteiger partial charge in [0.05, 0.1) is 46.8 Å². The lowest BCUT2D eigenvalue weighted by Crippen LogP contribution is -2.40. The molecule has 0 saturated heterocycles. The quantitative estimate of drug-likeness (QED) is 0.640. The molecule has 0 aromatic carbocycles. The summed E-state index contributed by atoms with van der Waals surface area (Å²) in [6.45, 7) is 1.78. The first-order chi connectivity index (χ1) is 14.1. The van der Waals surface area contributed by atoms with Gasteiger partial charge >= 0.3 is 5.97 Å². The summed E-state index contributed by atoms with van der Waals surface area (Å²) in [4.78, 5) is 25.7. The second kappa shape index (κ2) is 7.33. The Bertz CT molecular complexity index is 1320. The van der Waals surface area contributed by atoms with E-state index in [0.717, 1.165) is 11.3 Å². The molecule has 0 spiro atoms. The van der Waals surface area contributed by atoms with E-state index in [2.05, 4.69) is 6.07 Å². The van der Waals surface area contributed by atoms with Crippen molar-refractivity contribution in [3.8, 4) is 6.07 Å². The van der Waals surface area contributed by atoms with Crippen LogP contribution in [0.3, 0.4) is 0 Å². The number of aromatic nitrogens is 1. The van der Waals surface area contributed by atoms with Crippen molar-refractivity contribution in [1.82, 2.24) is 4.57 Å². The van der Waals surface area contributed by atoms with Crippen LogP contribution in [0.4, 0.5) is 0 Å². The van der Waals surface area contributed by atoms with E-state index < -0.39 is 17.4 Å². The summed E-state index contributed by atoms with van der Waals surface area (Å²) in [7, 11) is 0. The highest BCUT2D eigenvalue weighted by Gasteiger charge is 2.38. The van der Waals surface area contributed by atoms with Gasteiger partial charge in [-0.05, 0) is 31.2 Å². The van der Waals surface area contributed by atoms with Crippen LogP contribution in [0.15, 0.2) is 56.0 Å². The van der Waals surface area contributed by atoms with Crippen molar-refractivity contribution in [2.24, 2.45) is 5.73 Å². The van der Waals surface area contributed by atoms with Crippen molar-refractivity contribution in [2.45, 2.75) is 12.8 Å². The second-order valence-electron chi connectivity index (χ2n) is 6.07. The Morgan fingerprint density at radius 2 is 2.14 bits per heavy atom. The van der Waals surface area contributed by atoms with Crippen LogP contribution in [-0.4, -0.2) is 17.1 Å². The molecular formula is C20H15N3O5S. The van der Waals surface area contributed by atoms with Gasteiger partial charge in [0, 0.05) is 6.08 Å². The highest BCUT2D eigenvalue weighted by atomic mass is 32.1. The third kappa shape index (κ3) is 2.99. The predicted octanol–water partition coefficient (Wildman–Crippen LogP) is 1.09. The summed E-state index contributed by atoms with van der Waals surface area (Å²) in [6.07, 6.45) is 4.49. The number of nitrogens with zero attached hydrogens (tertiary/aromatic N) is 2. The minimum absolute atomic E-state index is 0.00435. The first-order valence-electron chi connectivity index (χ1n) is 8.68. The fourth-order valence-corrected chi connectivity index (χ4v) is 4.31. The Kier molecular flexibility index (Phi) is 4.70. The summed E-state index contributed by atoms with van der Waals surface area (Å²) in [5.41, 5.74) is 5.99. The van der Waals surface area contributed by atoms with Gasteiger partial charge in [0.2, 0.25) is 0 Å². The van der Waals surface area contributed by atoms with E-state index in [0.29, 0.717) is 20.7 Å². The standard InChI is InChI=1S/C20H15N3O5S/c1-2-26-20(25)16-15(13-6-4-8-28-13)12(10-21)19-23(17(16)22)18(24)14(29-19)9-11-5-3-7-27-11/h3-9,15H,2,22H2,1H3/b14-9-. The molecule has 2 N–H and O–H groups in total. The molecule has 146 valence electrons. The number of thiazole rings is 1. The van der Waals surface area contributed by atoms with Crippen LogP contribution >= 0.6 is 11.3 Å². The van der Waals surface area contributed by atoms with Crippen LogP contribution in [-0.2, 0) is 9.53 Å². The molecule has 8 nitrogen and oxygen atoms in total. The Labute approximate surface area is 168 Å². The predicted molar refractivity (Wildman–Crippen MR) is 105 cm³/mol. The molecule has 1 atom stereocenters. The molecular weight excluding hydrogens is 394 g/mol. The van der Waals surface area contributed by atoms with Crippen molar-refractivity contribution < 1.29 is 18.4 Å². The van der Waals surface area contributed by atoms with E-state index in [1.807, 2.05) is 0 Å². The molecule has 0 bridgehead atoms. The number of ether oxygens (including phenoxy) is 1. The van der Waals surface area contributed by atoms with Crippen LogP contribution < -0.4 is 20.5 Å². The second-order valence-corrected chi connectivity index (χ2v) is 7.10. The molecule has 4 rings (SSSR count). The molecule has 0 saturated carbocycles. The van der Waals surface area contributed by atoms with Crippen molar-refractivity contribution >= 4 is 34.8 Å². The average molecular weight is 409 g/mol. The topological polar surface area (TPSA) is 124 Å². The van der Waals surface area contributed by atoms with E-state index in [1.54, 1.807) is 37.3 Å². The van der Waals surface area contributed by atoms with Crippen LogP contribution in [0, 0.1) is 11.3 Å². The van der Waals surface area contributed by atoms with Crippen LogP contribution in [0.2, 0.25) is 0 Å². The van der Waals surface area contributed by atoms with Crippen molar-refractivity contribution in [3.63, 3.8) is 0 Å². The summed E-state index contributed by atoms with van der Waals surface area (Å²) < 4.78 is 17.7. The molecule has 3 aromatic heterocycles. The molecule has 1 aliphatic rings. The van der Waals surface area contributed by atoms with Gasteiger partial charge in [0.15, 0.2) is 0 Å². The number of hydrogen-bond acceptors (Lipinski definition) is 8. The Hall–Kier alpha value is -3.77. The highest BCUT2D eigenvalue weighted by Crippen LogP contribution is 2.36. The van der Waals surface area contributed by atoms with E-state index in [9.17, 15) is 14.9 Å². The fraction of sp³-hybridized carbons (Fsp3) is 0.150. The minimum atomic E-state index is -0.872. The van der Waals surface area contributed by atoms with E-state index >= 15 is 0 Å². The summed E-state index contributed by atoms with van der Waals surface area (Å²) in [5, 5.41) is 9.90. The van der Waals surface area contributed by atoms with Gasteiger partial charge in [0.1, 0.15) is 22.0 Å².